The summed E-state index contributed by atoms with van der Waals surface area (Å²) in [7, 11) is 0. The standard InChI is InChI=1S/C16H22FNOS/c1-10-5-11(2)7-14(6-10)19-9-12-8-13(17)3-4-15(12)16(18)20/h3-4,8,10-11,14H,5-7,9H2,1-2H3,(H2,18,20). The van der Waals surface area contributed by atoms with Crippen LogP contribution in [-0.2, 0) is 11.3 Å². The van der Waals surface area contributed by atoms with Gasteiger partial charge in [-0.3, -0.25) is 0 Å². The van der Waals surface area contributed by atoms with Gasteiger partial charge in [0.05, 0.1) is 12.7 Å². The van der Waals surface area contributed by atoms with Crippen molar-refractivity contribution in [3.05, 3.63) is 35.1 Å². The second kappa shape index (κ2) is 6.64. The first kappa shape index (κ1) is 15.4. The lowest BCUT2D eigenvalue weighted by atomic mass is 9.82. The number of thiocarbonyl (C=S) groups is 1. The van der Waals surface area contributed by atoms with Crippen molar-refractivity contribution >= 4 is 17.2 Å². The summed E-state index contributed by atoms with van der Waals surface area (Å²) in [4.78, 5) is 0.286. The van der Waals surface area contributed by atoms with Crippen molar-refractivity contribution in [2.24, 2.45) is 17.6 Å². The predicted octanol–water partition coefficient (Wildman–Crippen LogP) is 3.80. The first-order valence-corrected chi connectivity index (χ1v) is 7.56. The van der Waals surface area contributed by atoms with E-state index in [0.717, 1.165) is 18.4 Å². The minimum atomic E-state index is -0.283. The van der Waals surface area contributed by atoms with Crippen LogP contribution in [0, 0.1) is 17.7 Å². The second-order valence-corrected chi connectivity index (χ2v) is 6.46. The van der Waals surface area contributed by atoms with Crippen LogP contribution in [0.2, 0.25) is 0 Å². The van der Waals surface area contributed by atoms with Crippen molar-refractivity contribution in [3.8, 4) is 0 Å². The average molecular weight is 295 g/mol. The smallest absolute Gasteiger partial charge is 0.123 e. The molecule has 1 aromatic rings. The van der Waals surface area contributed by atoms with Crippen LogP contribution in [0.25, 0.3) is 0 Å². The normalized spacial score (nSPS) is 26.4. The zero-order valence-electron chi connectivity index (χ0n) is 12.1. The van der Waals surface area contributed by atoms with Gasteiger partial charge >= 0.3 is 0 Å². The minimum absolute atomic E-state index is 0.246. The average Bonchev–Trinajstić information content (AvgIpc) is 2.35. The van der Waals surface area contributed by atoms with Crippen molar-refractivity contribution in [1.29, 1.82) is 0 Å². The van der Waals surface area contributed by atoms with Gasteiger partial charge in [0.15, 0.2) is 0 Å². The fourth-order valence-corrected chi connectivity index (χ4v) is 3.34. The highest BCUT2D eigenvalue weighted by Crippen LogP contribution is 2.31. The highest BCUT2D eigenvalue weighted by molar-refractivity contribution is 7.80. The van der Waals surface area contributed by atoms with Crippen molar-refractivity contribution in [2.75, 3.05) is 0 Å². The Morgan fingerprint density at radius 3 is 2.55 bits per heavy atom. The molecule has 20 heavy (non-hydrogen) atoms. The van der Waals surface area contributed by atoms with Gasteiger partial charge in [-0.25, -0.2) is 4.39 Å². The van der Waals surface area contributed by atoms with Crippen LogP contribution in [-0.4, -0.2) is 11.1 Å². The SMILES string of the molecule is CC1CC(C)CC(OCc2cc(F)ccc2C(N)=S)C1. The summed E-state index contributed by atoms with van der Waals surface area (Å²) < 4.78 is 19.3. The van der Waals surface area contributed by atoms with E-state index in [9.17, 15) is 4.39 Å². The Morgan fingerprint density at radius 2 is 1.95 bits per heavy atom. The highest BCUT2D eigenvalue weighted by Gasteiger charge is 2.24. The predicted molar refractivity (Wildman–Crippen MR) is 83.0 cm³/mol. The third kappa shape index (κ3) is 4.00. The van der Waals surface area contributed by atoms with Gasteiger partial charge in [0.1, 0.15) is 10.8 Å². The fourth-order valence-electron chi connectivity index (χ4n) is 3.14. The molecule has 0 radical (unpaired) electrons. The molecule has 0 bridgehead atoms. The summed E-state index contributed by atoms with van der Waals surface area (Å²) >= 11 is 5.00. The molecule has 4 heteroatoms. The number of hydrogen-bond donors (Lipinski definition) is 1. The first-order chi connectivity index (χ1) is 9.45. The molecule has 110 valence electrons. The van der Waals surface area contributed by atoms with E-state index < -0.39 is 0 Å². The van der Waals surface area contributed by atoms with Crippen molar-refractivity contribution in [1.82, 2.24) is 0 Å². The topological polar surface area (TPSA) is 35.2 Å². The number of ether oxygens (including phenoxy) is 1. The molecule has 2 nitrogen and oxygen atoms in total. The van der Waals surface area contributed by atoms with Crippen LogP contribution in [0.1, 0.15) is 44.2 Å². The lowest BCUT2D eigenvalue weighted by Crippen LogP contribution is -2.26. The van der Waals surface area contributed by atoms with Gasteiger partial charge in [-0.15, -0.1) is 0 Å². The van der Waals surface area contributed by atoms with Gasteiger partial charge in [0, 0.05) is 5.56 Å². The summed E-state index contributed by atoms with van der Waals surface area (Å²) in [6, 6.07) is 4.47. The Labute approximate surface area is 125 Å². The van der Waals surface area contributed by atoms with E-state index in [4.69, 9.17) is 22.7 Å². The second-order valence-electron chi connectivity index (χ2n) is 6.02. The molecule has 1 saturated carbocycles. The van der Waals surface area contributed by atoms with E-state index >= 15 is 0 Å². The quantitative estimate of drug-likeness (QED) is 0.858. The molecule has 1 aromatic carbocycles. The summed E-state index contributed by atoms with van der Waals surface area (Å²) in [5.74, 6) is 1.09. The molecule has 0 amide bonds. The van der Waals surface area contributed by atoms with Gasteiger partial charge in [0.25, 0.3) is 0 Å². The van der Waals surface area contributed by atoms with Crippen LogP contribution in [0.15, 0.2) is 18.2 Å². The highest BCUT2D eigenvalue weighted by atomic mass is 32.1. The lowest BCUT2D eigenvalue weighted by molar-refractivity contribution is -0.00928. The van der Waals surface area contributed by atoms with Gasteiger partial charge in [-0.2, -0.15) is 0 Å². The zero-order valence-corrected chi connectivity index (χ0v) is 12.9. The van der Waals surface area contributed by atoms with Gasteiger partial charge in [0.2, 0.25) is 0 Å². The molecular formula is C16H22FNOS. The maximum absolute atomic E-state index is 13.4. The van der Waals surface area contributed by atoms with Gasteiger partial charge in [-0.1, -0.05) is 26.1 Å². The van der Waals surface area contributed by atoms with Crippen LogP contribution in [0.3, 0.4) is 0 Å². The summed E-state index contributed by atoms with van der Waals surface area (Å²) in [5.41, 5.74) is 7.12. The van der Waals surface area contributed by atoms with Crippen molar-refractivity contribution < 1.29 is 9.13 Å². The minimum Gasteiger partial charge on any atom is -0.389 e. The number of halogens is 1. The van der Waals surface area contributed by atoms with Crippen LogP contribution < -0.4 is 5.73 Å². The number of hydrogen-bond acceptors (Lipinski definition) is 2. The van der Waals surface area contributed by atoms with Crippen molar-refractivity contribution in [2.45, 2.75) is 45.8 Å². The summed E-state index contributed by atoms with van der Waals surface area (Å²) in [5, 5.41) is 0. The molecule has 1 aliphatic carbocycles. The molecule has 1 aliphatic rings. The van der Waals surface area contributed by atoms with E-state index in [-0.39, 0.29) is 16.9 Å². The van der Waals surface area contributed by atoms with E-state index in [1.807, 2.05) is 0 Å². The molecule has 1 fully saturated rings. The third-order valence-electron chi connectivity index (χ3n) is 3.94. The maximum atomic E-state index is 13.4. The Bertz CT molecular complexity index is 481. The first-order valence-electron chi connectivity index (χ1n) is 7.15. The molecule has 2 N–H and O–H groups in total. The molecule has 0 saturated heterocycles. The maximum Gasteiger partial charge on any atom is 0.123 e. The molecule has 0 spiro atoms. The Morgan fingerprint density at radius 1 is 1.30 bits per heavy atom. The molecule has 0 aromatic heterocycles. The van der Waals surface area contributed by atoms with Gasteiger partial charge in [-0.05, 0) is 54.9 Å². The lowest BCUT2D eigenvalue weighted by Gasteiger charge is -2.31. The fraction of sp³-hybridized carbons (Fsp3) is 0.562. The van der Waals surface area contributed by atoms with E-state index in [0.29, 0.717) is 24.0 Å². The molecule has 2 rings (SSSR count). The zero-order chi connectivity index (χ0) is 14.7. The molecule has 0 heterocycles. The molecular weight excluding hydrogens is 273 g/mol. The van der Waals surface area contributed by atoms with E-state index in [2.05, 4.69) is 13.8 Å². The summed E-state index contributed by atoms with van der Waals surface area (Å²) in [6.45, 7) is 4.89. The summed E-state index contributed by atoms with van der Waals surface area (Å²) in [6.07, 6.45) is 3.65. The molecule has 2 atom stereocenters. The van der Waals surface area contributed by atoms with Crippen LogP contribution in [0.5, 0.6) is 0 Å². The number of rotatable bonds is 4. The molecule has 0 aliphatic heterocycles. The largest absolute Gasteiger partial charge is 0.389 e. The third-order valence-corrected chi connectivity index (χ3v) is 4.16. The Balaban J connectivity index is 2.03. The Kier molecular flexibility index (Phi) is 5.11. The Hall–Kier alpha value is -1.00. The van der Waals surface area contributed by atoms with Crippen LogP contribution in [0.4, 0.5) is 4.39 Å². The van der Waals surface area contributed by atoms with E-state index in [1.54, 1.807) is 6.07 Å². The van der Waals surface area contributed by atoms with Gasteiger partial charge < -0.3 is 10.5 Å². The van der Waals surface area contributed by atoms with Crippen molar-refractivity contribution in [3.63, 3.8) is 0 Å². The molecule has 2 unspecified atom stereocenters. The number of benzene rings is 1. The monoisotopic (exact) mass is 295 g/mol. The van der Waals surface area contributed by atoms with Crippen LogP contribution >= 0.6 is 12.2 Å². The van der Waals surface area contributed by atoms with E-state index in [1.165, 1.54) is 18.6 Å². The number of nitrogens with two attached hydrogens (primary N) is 1.